The Morgan fingerprint density at radius 1 is 0.950 bits per heavy atom. The Labute approximate surface area is 122 Å². The minimum atomic E-state index is 0.644. The molecule has 3 aromatic rings. The van der Waals surface area contributed by atoms with Crippen LogP contribution in [0.25, 0.3) is 10.9 Å². The number of hydrogen-bond donors (Lipinski definition) is 0. The van der Waals surface area contributed by atoms with Crippen LogP contribution in [0.15, 0.2) is 66.0 Å². The summed E-state index contributed by atoms with van der Waals surface area (Å²) in [5, 5.41) is 1.86. The fraction of sp³-hybridized carbons (Fsp3) is 0.125. The molecule has 0 N–H and O–H groups in total. The standard InChI is InChI=1S/C16H14N2OS/c1-2-7-14(8-3-1)19-10-11-20-16-17-12-13-6-4-5-9-15(13)18-16/h1-9,12H,10-11H2. The van der Waals surface area contributed by atoms with Crippen molar-refractivity contribution in [3.05, 3.63) is 60.8 Å². The third-order valence-electron chi connectivity index (χ3n) is 2.79. The van der Waals surface area contributed by atoms with Crippen molar-refractivity contribution in [1.82, 2.24) is 9.97 Å². The molecule has 0 radical (unpaired) electrons. The molecule has 0 unspecified atom stereocenters. The van der Waals surface area contributed by atoms with Crippen molar-refractivity contribution in [2.45, 2.75) is 5.16 Å². The summed E-state index contributed by atoms with van der Waals surface area (Å²) < 4.78 is 5.64. The molecule has 0 bridgehead atoms. The van der Waals surface area contributed by atoms with Crippen molar-refractivity contribution >= 4 is 22.7 Å². The van der Waals surface area contributed by atoms with Crippen LogP contribution in [0.5, 0.6) is 5.75 Å². The number of ether oxygens (including phenoxy) is 1. The van der Waals surface area contributed by atoms with Crippen LogP contribution in [0.1, 0.15) is 0 Å². The average molecular weight is 282 g/mol. The number of fused-ring (bicyclic) bond motifs is 1. The van der Waals surface area contributed by atoms with Gasteiger partial charge in [-0.1, -0.05) is 48.2 Å². The summed E-state index contributed by atoms with van der Waals surface area (Å²) >= 11 is 1.61. The first-order valence-electron chi connectivity index (χ1n) is 6.44. The Balaban J connectivity index is 1.55. The molecule has 20 heavy (non-hydrogen) atoms. The molecule has 0 fully saturated rings. The van der Waals surface area contributed by atoms with Gasteiger partial charge in [-0.15, -0.1) is 0 Å². The highest BCUT2D eigenvalue weighted by atomic mass is 32.2. The van der Waals surface area contributed by atoms with Crippen LogP contribution in [0.4, 0.5) is 0 Å². The molecule has 0 aliphatic rings. The SMILES string of the molecule is c1ccc(OCCSc2ncc3ccccc3n2)cc1. The van der Waals surface area contributed by atoms with Crippen LogP contribution < -0.4 is 4.74 Å². The summed E-state index contributed by atoms with van der Waals surface area (Å²) in [6.45, 7) is 0.644. The molecule has 3 nitrogen and oxygen atoms in total. The zero-order valence-corrected chi connectivity index (χ0v) is 11.7. The molecule has 0 spiro atoms. The van der Waals surface area contributed by atoms with Gasteiger partial charge in [-0.25, -0.2) is 9.97 Å². The van der Waals surface area contributed by atoms with Gasteiger partial charge in [0.1, 0.15) is 5.75 Å². The summed E-state index contributed by atoms with van der Waals surface area (Å²) in [5.74, 6) is 1.72. The van der Waals surface area contributed by atoms with Gasteiger partial charge in [-0.05, 0) is 18.2 Å². The van der Waals surface area contributed by atoms with Gasteiger partial charge < -0.3 is 4.74 Å². The first-order valence-corrected chi connectivity index (χ1v) is 7.43. The maximum atomic E-state index is 5.64. The maximum Gasteiger partial charge on any atom is 0.188 e. The Hall–Kier alpha value is -2.07. The monoisotopic (exact) mass is 282 g/mol. The molecule has 0 aliphatic carbocycles. The molecule has 3 rings (SSSR count). The smallest absolute Gasteiger partial charge is 0.188 e. The summed E-state index contributed by atoms with van der Waals surface area (Å²) in [4.78, 5) is 8.86. The van der Waals surface area contributed by atoms with Crippen molar-refractivity contribution in [1.29, 1.82) is 0 Å². The van der Waals surface area contributed by atoms with E-state index in [0.717, 1.165) is 27.6 Å². The normalized spacial score (nSPS) is 10.6. The van der Waals surface area contributed by atoms with Crippen molar-refractivity contribution in [3.8, 4) is 5.75 Å². The van der Waals surface area contributed by atoms with E-state index in [2.05, 4.69) is 9.97 Å². The van der Waals surface area contributed by atoms with Gasteiger partial charge in [0.15, 0.2) is 5.16 Å². The van der Waals surface area contributed by atoms with Gasteiger partial charge in [0.2, 0.25) is 0 Å². The molecule has 4 heteroatoms. The largest absolute Gasteiger partial charge is 0.493 e. The second-order valence-electron chi connectivity index (χ2n) is 4.22. The van der Waals surface area contributed by atoms with Crippen molar-refractivity contribution in [2.75, 3.05) is 12.4 Å². The second kappa shape index (κ2) is 6.39. The second-order valence-corrected chi connectivity index (χ2v) is 5.28. The van der Waals surface area contributed by atoms with E-state index < -0.39 is 0 Å². The summed E-state index contributed by atoms with van der Waals surface area (Å²) in [7, 11) is 0. The third-order valence-corrected chi connectivity index (χ3v) is 3.62. The van der Waals surface area contributed by atoms with E-state index in [0.29, 0.717) is 6.61 Å². The predicted octanol–water partition coefficient (Wildman–Crippen LogP) is 3.80. The Morgan fingerprint density at radius 3 is 2.65 bits per heavy atom. The first kappa shape index (κ1) is 12.9. The van der Waals surface area contributed by atoms with Gasteiger partial charge in [0.25, 0.3) is 0 Å². The number of rotatable bonds is 5. The van der Waals surface area contributed by atoms with Gasteiger partial charge in [-0.2, -0.15) is 0 Å². The van der Waals surface area contributed by atoms with E-state index in [9.17, 15) is 0 Å². The zero-order chi connectivity index (χ0) is 13.6. The topological polar surface area (TPSA) is 35.0 Å². The van der Waals surface area contributed by atoms with Gasteiger partial charge in [0.05, 0.1) is 12.1 Å². The third kappa shape index (κ3) is 3.27. The summed E-state index contributed by atoms with van der Waals surface area (Å²) in [6, 6.07) is 17.8. The van der Waals surface area contributed by atoms with Crippen LogP contribution in [0.2, 0.25) is 0 Å². The number of aromatic nitrogens is 2. The molecule has 2 aromatic carbocycles. The van der Waals surface area contributed by atoms with Crippen LogP contribution >= 0.6 is 11.8 Å². The highest BCUT2D eigenvalue weighted by Crippen LogP contribution is 2.17. The Morgan fingerprint density at radius 2 is 1.75 bits per heavy atom. The molecular formula is C16H14N2OS. The lowest BCUT2D eigenvalue weighted by Crippen LogP contribution is -2.00. The Kier molecular flexibility index (Phi) is 4.13. The van der Waals surface area contributed by atoms with Crippen LogP contribution in [0.3, 0.4) is 0 Å². The van der Waals surface area contributed by atoms with Crippen LogP contribution in [-0.2, 0) is 0 Å². The van der Waals surface area contributed by atoms with E-state index in [4.69, 9.17) is 4.74 Å². The van der Waals surface area contributed by atoms with Gasteiger partial charge in [0, 0.05) is 17.3 Å². The fourth-order valence-corrected chi connectivity index (χ4v) is 2.47. The van der Waals surface area contributed by atoms with Crippen molar-refractivity contribution < 1.29 is 4.74 Å². The first-order chi connectivity index (χ1) is 9.92. The highest BCUT2D eigenvalue weighted by molar-refractivity contribution is 7.99. The van der Waals surface area contributed by atoms with E-state index >= 15 is 0 Å². The molecule has 0 saturated heterocycles. The van der Waals surface area contributed by atoms with E-state index in [1.165, 1.54) is 0 Å². The fourth-order valence-electron chi connectivity index (χ4n) is 1.83. The zero-order valence-electron chi connectivity index (χ0n) is 10.9. The van der Waals surface area contributed by atoms with E-state index in [1.807, 2.05) is 60.8 Å². The molecule has 0 atom stereocenters. The lowest BCUT2D eigenvalue weighted by Gasteiger charge is -2.05. The highest BCUT2D eigenvalue weighted by Gasteiger charge is 2.00. The molecule has 0 amide bonds. The lowest BCUT2D eigenvalue weighted by atomic mass is 10.2. The van der Waals surface area contributed by atoms with Crippen LogP contribution in [0, 0.1) is 0 Å². The predicted molar refractivity (Wildman–Crippen MR) is 82.2 cm³/mol. The number of hydrogen-bond acceptors (Lipinski definition) is 4. The number of nitrogens with zero attached hydrogens (tertiary/aromatic N) is 2. The minimum absolute atomic E-state index is 0.644. The minimum Gasteiger partial charge on any atom is -0.493 e. The Bertz CT molecular complexity index is 688. The maximum absolute atomic E-state index is 5.64. The summed E-state index contributed by atoms with van der Waals surface area (Å²) in [5.41, 5.74) is 0.981. The number of para-hydroxylation sites is 2. The van der Waals surface area contributed by atoms with E-state index in [-0.39, 0.29) is 0 Å². The molecule has 0 saturated carbocycles. The lowest BCUT2D eigenvalue weighted by molar-refractivity contribution is 0.344. The quantitative estimate of drug-likeness (QED) is 0.405. The van der Waals surface area contributed by atoms with Crippen molar-refractivity contribution in [2.24, 2.45) is 0 Å². The van der Waals surface area contributed by atoms with Gasteiger partial charge in [-0.3, -0.25) is 0 Å². The molecule has 1 heterocycles. The summed E-state index contributed by atoms with van der Waals surface area (Å²) in [6.07, 6.45) is 1.86. The molecule has 100 valence electrons. The van der Waals surface area contributed by atoms with Crippen molar-refractivity contribution in [3.63, 3.8) is 0 Å². The number of thioether (sulfide) groups is 1. The molecular weight excluding hydrogens is 268 g/mol. The molecule has 1 aromatic heterocycles. The average Bonchev–Trinajstić information content (AvgIpc) is 2.52. The van der Waals surface area contributed by atoms with E-state index in [1.54, 1.807) is 11.8 Å². The van der Waals surface area contributed by atoms with Gasteiger partial charge >= 0.3 is 0 Å². The van der Waals surface area contributed by atoms with Crippen LogP contribution in [-0.4, -0.2) is 22.3 Å². The molecule has 0 aliphatic heterocycles. The number of benzene rings is 2.